The van der Waals surface area contributed by atoms with Crippen molar-refractivity contribution in [1.29, 1.82) is 0 Å². The molecule has 0 bridgehead atoms. The second-order valence-electron chi connectivity index (χ2n) is 5.46. The Hall–Kier alpha value is -2.45. The van der Waals surface area contributed by atoms with E-state index in [1.54, 1.807) is 30.3 Å². The number of hydrogen-bond acceptors (Lipinski definition) is 4. The summed E-state index contributed by atoms with van der Waals surface area (Å²) in [6.45, 7) is 3.32. The predicted octanol–water partition coefficient (Wildman–Crippen LogP) is 3.85. The third kappa shape index (κ3) is 5.27. The number of carbonyl (C=O) groups excluding carboxylic acids is 2. The third-order valence-electron chi connectivity index (χ3n) is 3.44. The first kappa shape index (κ1) is 19.9. The molecule has 2 aromatic rings. The average Bonchev–Trinajstić information content (AvgIpc) is 2.57. The number of nitrogens with one attached hydrogen (secondary N) is 3. The molecule has 2 rings (SSSR count). The molecule has 0 atom stereocenters. The first-order valence-electron chi connectivity index (χ1n) is 7.64. The molecule has 0 spiro atoms. The summed E-state index contributed by atoms with van der Waals surface area (Å²) in [5.41, 5.74) is 2.59. The van der Waals surface area contributed by atoms with Gasteiger partial charge < -0.3 is 15.4 Å². The van der Waals surface area contributed by atoms with Gasteiger partial charge >= 0.3 is 0 Å². The molecule has 0 saturated heterocycles. The normalized spacial score (nSPS) is 10.0. The lowest BCUT2D eigenvalue weighted by atomic mass is 10.1. The van der Waals surface area contributed by atoms with Gasteiger partial charge in [0.05, 0.1) is 12.7 Å². The number of halogens is 1. The number of hydrogen-bond donors (Lipinski definition) is 3. The Morgan fingerprint density at radius 3 is 2.50 bits per heavy atom. The number of rotatable bonds is 4. The quantitative estimate of drug-likeness (QED) is 0.635. The van der Waals surface area contributed by atoms with Crippen molar-refractivity contribution in [1.82, 2.24) is 5.32 Å². The summed E-state index contributed by atoms with van der Waals surface area (Å²) < 4.78 is 5.95. The zero-order valence-electron chi connectivity index (χ0n) is 14.5. The fraction of sp³-hybridized carbons (Fsp3) is 0.167. The van der Waals surface area contributed by atoms with Crippen molar-refractivity contribution in [2.24, 2.45) is 0 Å². The van der Waals surface area contributed by atoms with Crippen LogP contribution in [0.1, 0.15) is 22.8 Å². The molecule has 2 amide bonds. The van der Waals surface area contributed by atoms with E-state index in [0.717, 1.165) is 10.0 Å². The van der Waals surface area contributed by atoms with Crippen molar-refractivity contribution >= 4 is 56.4 Å². The molecule has 3 N–H and O–H groups in total. The molecule has 136 valence electrons. The van der Waals surface area contributed by atoms with Crippen molar-refractivity contribution in [3.05, 3.63) is 52.0 Å². The fourth-order valence-electron chi connectivity index (χ4n) is 2.21. The van der Waals surface area contributed by atoms with Crippen LogP contribution in [0.4, 0.5) is 11.4 Å². The highest BCUT2D eigenvalue weighted by molar-refractivity contribution is 9.10. The van der Waals surface area contributed by atoms with Gasteiger partial charge in [0, 0.05) is 22.8 Å². The molecular weight excluding hydrogens is 418 g/mol. The zero-order chi connectivity index (χ0) is 19.3. The molecule has 0 unspecified atom stereocenters. The maximum atomic E-state index is 12.4. The maximum Gasteiger partial charge on any atom is 0.261 e. The number of amides is 2. The van der Waals surface area contributed by atoms with Gasteiger partial charge in [0.25, 0.3) is 5.91 Å². The standard InChI is InChI=1S/C18H18BrN3O3S/c1-10-4-6-13(9-15(10)20-11(2)23)21-18(26)22-17(24)14-8-12(19)5-7-16(14)25-3/h4-9H,1-3H3,(H,20,23)(H2,21,22,24,26). The number of ether oxygens (including phenoxy) is 1. The Kier molecular flexibility index (Phi) is 6.70. The Labute approximate surface area is 165 Å². The predicted molar refractivity (Wildman–Crippen MR) is 110 cm³/mol. The number of carbonyl (C=O) groups is 2. The number of thiocarbonyl (C=S) groups is 1. The number of benzene rings is 2. The summed E-state index contributed by atoms with van der Waals surface area (Å²) in [6.07, 6.45) is 0. The van der Waals surface area contributed by atoms with Gasteiger partial charge in [-0.15, -0.1) is 0 Å². The Bertz CT molecular complexity index is 871. The minimum atomic E-state index is -0.394. The van der Waals surface area contributed by atoms with Gasteiger partial charge in [-0.2, -0.15) is 0 Å². The van der Waals surface area contributed by atoms with Gasteiger partial charge in [-0.05, 0) is 55.0 Å². The third-order valence-corrected chi connectivity index (χ3v) is 4.14. The molecule has 6 nitrogen and oxygen atoms in total. The summed E-state index contributed by atoms with van der Waals surface area (Å²) in [5.74, 6) is -0.116. The highest BCUT2D eigenvalue weighted by Gasteiger charge is 2.14. The lowest BCUT2D eigenvalue weighted by molar-refractivity contribution is -0.114. The van der Waals surface area contributed by atoms with E-state index in [2.05, 4.69) is 31.9 Å². The van der Waals surface area contributed by atoms with Gasteiger partial charge in [0.1, 0.15) is 5.75 Å². The number of anilines is 2. The molecule has 26 heavy (non-hydrogen) atoms. The Morgan fingerprint density at radius 1 is 1.12 bits per heavy atom. The van der Waals surface area contributed by atoms with E-state index < -0.39 is 5.91 Å². The zero-order valence-corrected chi connectivity index (χ0v) is 16.9. The molecule has 0 heterocycles. The molecule has 0 saturated carbocycles. The second kappa shape index (κ2) is 8.77. The van der Waals surface area contributed by atoms with Crippen molar-refractivity contribution in [3.8, 4) is 5.75 Å². The number of methoxy groups -OCH3 is 1. The Balaban J connectivity index is 2.10. The molecule has 2 aromatic carbocycles. The van der Waals surface area contributed by atoms with E-state index in [0.29, 0.717) is 22.7 Å². The van der Waals surface area contributed by atoms with Gasteiger partial charge in [0.2, 0.25) is 5.91 Å². The minimum absolute atomic E-state index is 0.134. The molecule has 0 aliphatic carbocycles. The van der Waals surface area contributed by atoms with Crippen LogP contribution in [0.3, 0.4) is 0 Å². The molecular formula is C18H18BrN3O3S. The average molecular weight is 436 g/mol. The molecule has 0 aliphatic rings. The van der Waals surface area contributed by atoms with Gasteiger partial charge in [0.15, 0.2) is 5.11 Å². The van der Waals surface area contributed by atoms with Crippen LogP contribution in [0, 0.1) is 6.92 Å². The first-order chi connectivity index (χ1) is 12.3. The summed E-state index contributed by atoms with van der Waals surface area (Å²) in [7, 11) is 1.49. The first-order valence-corrected chi connectivity index (χ1v) is 8.84. The van der Waals surface area contributed by atoms with E-state index in [1.807, 2.05) is 13.0 Å². The molecule has 0 radical (unpaired) electrons. The largest absolute Gasteiger partial charge is 0.496 e. The van der Waals surface area contributed by atoms with E-state index in [9.17, 15) is 9.59 Å². The minimum Gasteiger partial charge on any atom is -0.496 e. The van der Waals surface area contributed by atoms with Crippen LogP contribution in [0.15, 0.2) is 40.9 Å². The van der Waals surface area contributed by atoms with Crippen molar-refractivity contribution in [2.75, 3.05) is 17.7 Å². The van der Waals surface area contributed by atoms with E-state index in [1.165, 1.54) is 14.0 Å². The molecule has 0 aromatic heterocycles. The van der Waals surface area contributed by atoms with E-state index in [4.69, 9.17) is 17.0 Å². The Morgan fingerprint density at radius 2 is 1.85 bits per heavy atom. The van der Waals surface area contributed by atoms with Crippen LogP contribution < -0.4 is 20.7 Å². The maximum absolute atomic E-state index is 12.4. The molecule has 0 fully saturated rings. The van der Waals surface area contributed by atoms with Crippen LogP contribution in [0.25, 0.3) is 0 Å². The summed E-state index contributed by atoms with van der Waals surface area (Å²) in [5, 5.41) is 8.42. The van der Waals surface area contributed by atoms with E-state index in [-0.39, 0.29) is 11.0 Å². The summed E-state index contributed by atoms with van der Waals surface area (Å²) >= 11 is 8.54. The monoisotopic (exact) mass is 435 g/mol. The summed E-state index contributed by atoms with van der Waals surface area (Å²) in [6, 6.07) is 10.5. The molecule has 0 aliphatic heterocycles. The summed E-state index contributed by atoms with van der Waals surface area (Å²) in [4.78, 5) is 23.7. The number of aryl methyl sites for hydroxylation is 1. The van der Waals surface area contributed by atoms with Crippen molar-refractivity contribution < 1.29 is 14.3 Å². The smallest absolute Gasteiger partial charge is 0.261 e. The van der Waals surface area contributed by atoms with Gasteiger partial charge in [-0.1, -0.05) is 22.0 Å². The highest BCUT2D eigenvalue weighted by Crippen LogP contribution is 2.23. The van der Waals surface area contributed by atoms with Crippen LogP contribution in [-0.2, 0) is 4.79 Å². The van der Waals surface area contributed by atoms with E-state index >= 15 is 0 Å². The van der Waals surface area contributed by atoms with Gasteiger partial charge in [-0.25, -0.2) is 0 Å². The van der Waals surface area contributed by atoms with Crippen LogP contribution in [0.2, 0.25) is 0 Å². The second-order valence-corrected chi connectivity index (χ2v) is 6.79. The highest BCUT2D eigenvalue weighted by atomic mass is 79.9. The topological polar surface area (TPSA) is 79.5 Å². The van der Waals surface area contributed by atoms with Crippen molar-refractivity contribution in [2.45, 2.75) is 13.8 Å². The van der Waals surface area contributed by atoms with Crippen LogP contribution >= 0.6 is 28.1 Å². The van der Waals surface area contributed by atoms with Gasteiger partial charge in [-0.3, -0.25) is 14.9 Å². The molecule has 8 heteroatoms. The SMILES string of the molecule is COc1ccc(Br)cc1C(=O)NC(=S)Nc1ccc(C)c(NC(C)=O)c1. The lowest BCUT2D eigenvalue weighted by Crippen LogP contribution is -2.34. The van der Waals surface area contributed by atoms with Crippen LogP contribution in [0.5, 0.6) is 5.75 Å². The van der Waals surface area contributed by atoms with Crippen LogP contribution in [-0.4, -0.2) is 24.0 Å². The van der Waals surface area contributed by atoms with Crippen molar-refractivity contribution in [3.63, 3.8) is 0 Å². The lowest BCUT2D eigenvalue weighted by Gasteiger charge is -2.14. The fourth-order valence-corrected chi connectivity index (χ4v) is 2.79.